The molecule has 0 aromatic rings. The van der Waals surface area contributed by atoms with E-state index in [1.807, 2.05) is 0 Å². The fraction of sp³-hybridized carbons (Fsp3) is 0.828. The first kappa shape index (κ1) is 38.7. The van der Waals surface area contributed by atoms with E-state index in [0.717, 1.165) is 38.5 Å². The van der Waals surface area contributed by atoms with Gasteiger partial charge in [-0.25, -0.2) is 4.79 Å². The van der Waals surface area contributed by atoms with E-state index in [1.165, 1.54) is 44.9 Å². The molecule has 0 radical (unpaired) electrons. The number of unbranched alkanes of at least 4 members (excludes halogenated alkanes) is 14. The molecule has 3 atom stereocenters. The van der Waals surface area contributed by atoms with E-state index in [1.54, 1.807) is 0 Å². The van der Waals surface area contributed by atoms with Gasteiger partial charge in [0.25, 0.3) is 0 Å². The Labute approximate surface area is 247 Å². The van der Waals surface area contributed by atoms with Crippen LogP contribution in [0.5, 0.6) is 0 Å². The van der Waals surface area contributed by atoms with Crippen LogP contribution in [0, 0.1) is 0 Å². The predicted octanol–water partition coefficient (Wildman–Crippen LogP) is 4.78. The van der Waals surface area contributed by atoms with E-state index in [9.17, 15) is 29.1 Å². The number of hydrogen-bond donors (Lipinski definition) is 6. The van der Waals surface area contributed by atoms with Crippen LogP contribution < -0.4 is 15.7 Å². The molecule has 0 aliphatic carbocycles. The summed E-state index contributed by atoms with van der Waals surface area (Å²) in [6.45, 7) is 0.380. The highest BCUT2D eigenvalue weighted by Gasteiger charge is 2.21. The molecule has 2 amide bonds. The van der Waals surface area contributed by atoms with Crippen LogP contribution in [0.4, 0.5) is 0 Å². The van der Waals surface area contributed by atoms with Crippen molar-refractivity contribution in [3.63, 3.8) is 0 Å². The van der Waals surface area contributed by atoms with Gasteiger partial charge in [-0.05, 0) is 38.5 Å². The highest BCUT2D eigenvalue weighted by Crippen LogP contribution is 2.14. The van der Waals surface area contributed by atoms with Gasteiger partial charge in [0.05, 0.1) is 0 Å². The highest BCUT2D eigenvalue weighted by atomic mass is 31.0. The van der Waals surface area contributed by atoms with E-state index < -0.39 is 30.0 Å². The van der Waals surface area contributed by atoms with Gasteiger partial charge in [-0.2, -0.15) is 0 Å². The van der Waals surface area contributed by atoms with E-state index in [2.05, 4.69) is 25.1 Å². The third-order valence-electron chi connectivity index (χ3n) is 7.08. The monoisotopic (exact) mass is 603 g/mol. The van der Waals surface area contributed by atoms with Crippen molar-refractivity contribution >= 4 is 39.1 Å². The molecule has 11 nitrogen and oxygen atoms in total. The third kappa shape index (κ3) is 25.2. The number of aliphatic carboxylic acids is 3. The first-order valence-electron chi connectivity index (χ1n) is 15.4. The molecule has 238 valence electrons. The smallest absolute Gasteiger partial charge is 0.326 e. The largest absolute Gasteiger partial charge is 0.481 e. The van der Waals surface area contributed by atoms with Crippen molar-refractivity contribution in [2.75, 3.05) is 6.54 Å². The van der Waals surface area contributed by atoms with E-state index in [0.29, 0.717) is 32.2 Å². The fourth-order valence-electron chi connectivity index (χ4n) is 4.55. The summed E-state index contributed by atoms with van der Waals surface area (Å²) in [5.74, 6) is -3.41. The average molecular weight is 604 g/mol. The number of amides is 2. The first-order chi connectivity index (χ1) is 19.7. The zero-order valence-electron chi connectivity index (χ0n) is 24.7. The summed E-state index contributed by atoms with van der Waals surface area (Å²) in [5.41, 5.74) is 0. The van der Waals surface area contributed by atoms with E-state index in [-0.39, 0.29) is 37.5 Å². The lowest BCUT2D eigenvalue weighted by atomic mass is 10.0. The number of carbonyl (C=O) groups excluding carboxylic acids is 2. The number of carbonyl (C=O) groups is 5. The molecule has 0 spiro atoms. The summed E-state index contributed by atoms with van der Waals surface area (Å²) in [6.07, 6.45) is 17.5. The molecule has 2 unspecified atom stereocenters. The van der Waals surface area contributed by atoms with Gasteiger partial charge in [0.2, 0.25) is 11.8 Å². The number of hydrogen-bond acceptors (Lipinski definition) is 6. The van der Waals surface area contributed by atoms with Gasteiger partial charge < -0.3 is 26.0 Å². The van der Waals surface area contributed by atoms with Crippen LogP contribution >= 0.6 is 9.39 Å². The topological polar surface area (TPSA) is 182 Å². The van der Waals surface area contributed by atoms with Crippen LogP contribution in [0.15, 0.2) is 0 Å². The van der Waals surface area contributed by atoms with Gasteiger partial charge in [-0.1, -0.05) is 86.4 Å². The maximum absolute atomic E-state index is 12.2. The van der Waals surface area contributed by atoms with Crippen LogP contribution in [-0.4, -0.2) is 63.7 Å². The number of nitrogens with one attached hydrogen (secondary N) is 3. The second kappa shape index (κ2) is 26.6. The Kier molecular flexibility index (Phi) is 25.2. The normalized spacial score (nSPS) is 12.4. The maximum atomic E-state index is 12.2. The third-order valence-corrected chi connectivity index (χ3v) is 7.48. The molecule has 12 heteroatoms. The lowest BCUT2D eigenvalue weighted by Crippen LogP contribution is -2.41. The van der Waals surface area contributed by atoms with Crippen LogP contribution in [0.3, 0.4) is 0 Å². The zero-order chi connectivity index (χ0) is 30.7. The van der Waals surface area contributed by atoms with Crippen LogP contribution in [-0.2, 0) is 24.0 Å². The second-order valence-electron chi connectivity index (χ2n) is 10.7. The minimum Gasteiger partial charge on any atom is -0.481 e. The summed E-state index contributed by atoms with van der Waals surface area (Å²) >= 11 is 0. The molecule has 0 saturated heterocycles. The Morgan fingerprint density at radius 3 is 1.41 bits per heavy atom. The summed E-state index contributed by atoms with van der Waals surface area (Å²) in [6, 6.07) is -1.75. The lowest BCUT2D eigenvalue weighted by Gasteiger charge is -2.14. The molecule has 0 aromatic heterocycles. The van der Waals surface area contributed by atoms with Crippen molar-refractivity contribution in [1.29, 1.82) is 0 Å². The minimum absolute atomic E-state index is 0.0117. The minimum atomic E-state index is -1.16. The van der Waals surface area contributed by atoms with E-state index >= 15 is 0 Å². The van der Waals surface area contributed by atoms with Gasteiger partial charge >= 0.3 is 17.9 Å². The molecule has 0 aliphatic heterocycles. The van der Waals surface area contributed by atoms with Crippen molar-refractivity contribution in [2.24, 2.45) is 0 Å². The predicted molar refractivity (Wildman–Crippen MR) is 161 cm³/mol. The zero-order valence-corrected chi connectivity index (χ0v) is 25.8. The molecule has 0 aliphatic rings. The van der Waals surface area contributed by atoms with Gasteiger partial charge in [-0.15, -0.1) is 0 Å². The number of carboxylic acids is 3. The quantitative estimate of drug-likeness (QED) is 0.0517. The number of rotatable bonds is 29. The van der Waals surface area contributed by atoms with Gasteiger partial charge in [-0.3, -0.25) is 24.3 Å². The maximum Gasteiger partial charge on any atom is 0.326 e. The van der Waals surface area contributed by atoms with Gasteiger partial charge in [0, 0.05) is 25.8 Å². The van der Waals surface area contributed by atoms with Crippen molar-refractivity contribution in [1.82, 2.24) is 15.7 Å². The molecular weight excluding hydrogens is 549 g/mol. The first-order valence-corrected chi connectivity index (χ1v) is 15.9. The van der Waals surface area contributed by atoms with Crippen LogP contribution in [0.1, 0.15) is 135 Å². The summed E-state index contributed by atoms with van der Waals surface area (Å²) in [5, 5.41) is 34.8. The Balaban J connectivity index is 3.73. The molecular formula is C29H54N3O8P. The Morgan fingerprint density at radius 1 is 0.512 bits per heavy atom. The average Bonchev–Trinajstić information content (AvgIpc) is 2.92. The van der Waals surface area contributed by atoms with Crippen molar-refractivity contribution < 1.29 is 39.3 Å². The van der Waals surface area contributed by atoms with Gasteiger partial charge in [0.15, 0.2) is 0 Å². The lowest BCUT2D eigenvalue weighted by molar-refractivity contribution is -0.142. The Hall–Kier alpha value is -2.26. The molecule has 0 aromatic carbocycles. The van der Waals surface area contributed by atoms with E-state index in [4.69, 9.17) is 10.2 Å². The van der Waals surface area contributed by atoms with Crippen molar-refractivity contribution in [2.45, 2.75) is 147 Å². The van der Waals surface area contributed by atoms with Crippen molar-refractivity contribution in [3.8, 4) is 0 Å². The molecule has 0 saturated carbocycles. The van der Waals surface area contributed by atoms with Crippen LogP contribution in [0.25, 0.3) is 0 Å². The Morgan fingerprint density at radius 2 is 0.976 bits per heavy atom. The summed E-state index contributed by atoms with van der Waals surface area (Å²) in [4.78, 5) is 57.1. The molecule has 0 bridgehead atoms. The van der Waals surface area contributed by atoms with Crippen LogP contribution in [0.2, 0.25) is 0 Å². The second-order valence-corrected chi connectivity index (χ2v) is 11.1. The van der Waals surface area contributed by atoms with Gasteiger partial charge in [0.1, 0.15) is 12.1 Å². The Bertz CT molecular complexity index is 754. The summed E-state index contributed by atoms with van der Waals surface area (Å²) < 4.78 is 0. The standard InChI is InChI=1S/C29H54N3O8P/c33-25(30-22-16-15-17-24(32-41)29(39)40)21-20-23(28(37)38)31-26(34)18-13-11-9-7-5-3-1-2-4-6-8-10-12-14-19-27(35)36/h23-24,32H,1-22,41H2,(H,30,33)(H,31,34)(H,35,36)(H,37,38)(H,39,40)/t23-,24?/m0/s1. The highest BCUT2D eigenvalue weighted by molar-refractivity contribution is 7.13. The molecule has 0 fully saturated rings. The molecule has 41 heavy (non-hydrogen) atoms. The molecule has 6 N–H and O–H groups in total. The molecule has 0 rings (SSSR count). The van der Waals surface area contributed by atoms with Crippen molar-refractivity contribution in [3.05, 3.63) is 0 Å². The fourth-order valence-corrected chi connectivity index (χ4v) is 4.86. The summed E-state index contributed by atoms with van der Waals surface area (Å²) in [7, 11) is 2.18. The molecule has 0 heterocycles. The number of carboxylic acid groups (broad SMARTS) is 3. The SMILES string of the molecule is O=C(O)CCCCCCCCCCCCCCCCC(=O)N[C@@H](CCC(=O)NCCCCC(NP)C(=O)O)C(=O)O.